The Balaban J connectivity index is 1.41. The van der Waals surface area contributed by atoms with Gasteiger partial charge in [0, 0.05) is 49.9 Å². The van der Waals surface area contributed by atoms with E-state index < -0.39 is 0 Å². The molecule has 30 heavy (non-hydrogen) atoms. The summed E-state index contributed by atoms with van der Waals surface area (Å²) in [7, 11) is 0. The Kier molecular flexibility index (Phi) is 7.38. The maximum atomic E-state index is 6.05. The van der Waals surface area contributed by atoms with Crippen LogP contribution >= 0.6 is 23.8 Å². The zero-order valence-corrected chi connectivity index (χ0v) is 19.0. The second-order valence-electron chi connectivity index (χ2n) is 8.13. The van der Waals surface area contributed by atoms with Crippen molar-refractivity contribution in [1.29, 1.82) is 0 Å². The molecule has 0 radical (unpaired) electrons. The Hall–Kier alpha value is -1.51. The number of halogens is 1. The van der Waals surface area contributed by atoms with E-state index in [0.29, 0.717) is 11.6 Å². The predicted molar refractivity (Wildman–Crippen MR) is 123 cm³/mol. The van der Waals surface area contributed by atoms with Crippen molar-refractivity contribution in [3.63, 3.8) is 0 Å². The first-order valence-electron chi connectivity index (χ1n) is 10.7. The minimum absolute atomic E-state index is 0.637. The molecule has 0 N–H and O–H groups in total. The normalized spacial score (nSPS) is 19.2. The fourth-order valence-corrected chi connectivity index (χ4v) is 4.67. The summed E-state index contributed by atoms with van der Waals surface area (Å²) in [6.07, 6.45) is 4.31. The maximum Gasteiger partial charge on any atom is 0.199 e. The third-order valence-electron chi connectivity index (χ3n) is 6.00. The van der Waals surface area contributed by atoms with E-state index in [9.17, 15) is 0 Å². The monoisotopic (exact) mass is 447 g/mol. The Labute approximate surface area is 188 Å². The van der Waals surface area contributed by atoms with Crippen molar-refractivity contribution in [2.75, 3.05) is 45.9 Å². The van der Waals surface area contributed by atoms with Crippen molar-refractivity contribution in [3.8, 4) is 11.4 Å². The van der Waals surface area contributed by atoms with Crippen molar-refractivity contribution in [2.45, 2.75) is 26.1 Å². The number of likely N-dealkylation sites (tertiary alicyclic amines) is 1. The SMILES string of the molecule is C=CCn1c(-c2ccc(Cl)cc2)nn(CN2CCC(CN3CCOCC3)CC2)c1=S. The van der Waals surface area contributed by atoms with Crippen molar-refractivity contribution >= 4 is 23.8 Å². The average molecular weight is 448 g/mol. The highest BCUT2D eigenvalue weighted by molar-refractivity contribution is 7.71. The zero-order chi connectivity index (χ0) is 20.9. The van der Waals surface area contributed by atoms with Crippen molar-refractivity contribution in [3.05, 3.63) is 46.7 Å². The lowest BCUT2D eigenvalue weighted by atomic mass is 9.96. The van der Waals surface area contributed by atoms with Crippen LogP contribution in [-0.4, -0.2) is 70.1 Å². The Morgan fingerprint density at radius 1 is 1.10 bits per heavy atom. The molecule has 2 fully saturated rings. The maximum absolute atomic E-state index is 6.05. The molecular weight excluding hydrogens is 418 g/mol. The van der Waals surface area contributed by atoms with Crippen molar-refractivity contribution < 1.29 is 4.74 Å². The van der Waals surface area contributed by atoms with Gasteiger partial charge in [0.1, 0.15) is 0 Å². The minimum atomic E-state index is 0.637. The number of morpholine rings is 1. The van der Waals surface area contributed by atoms with Gasteiger partial charge in [0.05, 0.1) is 19.9 Å². The summed E-state index contributed by atoms with van der Waals surface area (Å²) in [5.41, 5.74) is 1.01. The van der Waals surface area contributed by atoms with Crippen LogP contribution < -0.4 is 0 Å². The number of piperidine rings is 1. The topological polar surface area (TPSA) is 38.5 Å². The van der Waals surface area contributed by atoms with Gasteiger partial charge in [-0.1, -0.05) is 17.7 Å². The lowest BCUT2D eigenvalue weighted by molar-refractivity contribution is 0.0228. The molecule has 2 saturated heterocycles. The van der Waals surface area contributed by atoms with E-state index in [1.807, 2.05) is 39.6 Å². The number of allylic oxidation sites excluding steroid dienone is 1. The molecule has 2 aliphatic heterocycles. The molecular formula is C22H30ClN5OS. The number of benzene rings is 1. The highest BCUT2D eigenvalue weighted by Gasteiger charge is 2.23. The molecule has 0 amide bonds. The van der Waals surface area contributed by atoms with Gasteiger partial charge in [-0.2, -0.15) is 5.10 Å². The average Bonchev–Trinajstić information content (AvgIpc) is 3.07. The standard InChI is InChI=1S/C22H30ClN5OS/c1-2-9-27-21(19-3-5-20(23)6-4-19)24-28(22(27)30)17-26-10-7-18(8-11-26)16-25-12-14-29-15-13-25/h2-6,18H,1,7-17H2. The van der Waals surface area contributed by atoms with Crippen LogP contribution in [0.2, 0.25) is 5.02 Å². The van der Waals surface area contributed by atoms with Crippen LogP contribution in [0.1, 0.15) is 12.8 Å². The van der Waals surface area contributed by atoms with Gasteiger partial charge in [0.25, 0.3) is 0 Å². The summed E-state index contributed by atoms with van der Waals surface area (Å²) in [5.74, 6) is 1.63. The molecule has 8 heteroatoms. The molecule has 0 bridgehead atoms. The van der Waals surface area contributed by atoms with Gasteiger partial charge in [-0.05, 0) is 55.2 Å². The van der Waals surface area contributed by atoms with Crippen LogP contribution in [-0.2, 0) is 18.0 Å². The summed E-state index contributed by atoms with van der Waals surface area (Å²) >= 11 is 11.8. The molecule has 6 nitrogen and oxygen atoms in total. The number of nitrogens with zero attached hydrogens (tertiary/aromatic N) is 5. The molecule has 0 aliphatic carbocycles. The molecule has 0 atom stereocenters. The van der Waals surface area contributed by atoms with E-state index in [0.717, 1.165) is 68.1 Å². The van der Waals surface area contributed by atoms with E-state index in [2.05, 4.69) is 16.4 Å². The molecule has 3 heterocycles. The van der Waals surface area contributed by atoms with E-state index in [1.54, 1.807) is 0 Å². The van der Waals surface area contributed by atoms with Gasteiger partial charge in [-0.25, -0.2) is 4.68 Å². The highest BCUT2D eigenvalue weighted by Crippen LogP contribution is 2.23. The smallest absolute Gasteiger partial charge is 0.199 e. The van der Waals surface area contributed by atoms with Gasteiger partial charge < -0.3 is 4.74 Å². The molecule has 2 aromatic rings. The van der Waals surface area contributed by atoms with Crippen molar-refractivity contribution in [2.24, 2.45) is 5.92 Å². The summed E-state index contributed by atoms with van der Waals surface area (Å²) in [5, 5.41) is 5.57. The molecule has 2 aliphatic rings. The van der Waals surface area contributed by atoms with Gasteiger partial charge in [-0.3, -0.25) is 14.4 Å². The summed E-state index contributed by atoms with van der Waals surface area (Å²) in [6, 6.07) is 7.74. The Morgan fingerprint density at radius 2 is 1.80 bits per heavy atom. The molecule has 4 rings (SSSR count). The zero-order valence-electron chi connectivity index (χ0n) is 17.4. The van der Waals surface area contributed by atoms with Crippen LogP contribution in [0.15, 0.2) is 36.9 Å². The second-order valence-corrected chi connectivity index (χ2v) is 8.93. The van der Waals surface area contributed by atoms with Crippen LogP contribution in [0.25, 0.3) is 11.4 Å². The number of aromatic nitrogens is 3. The first-order valence-corrected chi connectivity index (χ1v) is 11.5. The Bertz CT molecular complexity index is 895. The Morgan fingerprint density at radius 3 is 2.47 bits per heavy atom. The fraction of sp³-hybridized carbons (Fsp3) is 0.545. The quantitative estimate of drug-likeness (QED) is 0.475. The minimum Gasteiger partial charge on any atom is -0.379 e. The lowest BCUT2D eigenvalue weighted by Gasteiger charge is -2.35. The molecule has 0 saturated carbocycles. The van der Waals surface area contributed by atoms with Crippen LogP contribution in [0, 0.1) is 10.7 Å². The first-order chi connectivity index (χ1) is 14.6. The third-order valence-corrected chi connectivity index (χ3v) is 6.68. The van der Waals surface area contributed by atoms with E-state index >= 15 is 0 Å². The van der Waals surface area contributed by atoms with Gasteiger partial charge in [0.15, 0.2) is 10.6 Å². The molecule has 0 spiro atoms. The molecule has 1 aromatic carbocycles. The summed E-state index contributed by atoms with van der Waals surface area (Å²) in [4.78, 5) is 5.01. The van der Waals surface area contributed by atoms with Gasteiger partial charge in [0.2, 0.25) is 0 Å². The molecule has 0 unspecified atom stereocenters. The van der Waals surface area contributed by atoms with E-state index in [-0.39, 0.29) is 0 Å². The van der Waals surface area contributed by atoms with Crippen LogP contribution in [0.3, 0.4) is 0 Å². The summed E-state index contributed by atoms with van der Waals surface area (Å²) < 4.78 is 10.2. The number of hydrogen-bond donors (Lipinski definition) is 0. The van der Waals surface area contributed by atoms with Crippen LogP contribution in [0.5, 0.6) is 0 Å². The number of rotatable bonds is 7. The second kappa shape index (κ2) is 10.2. The van der Waals surface area contributed by atoms with Crippen molar-refractivity contribution in [1.82, 2.24) is 24.1 Å². The van der Waals surface area contributed by atoms with E-state index in [4.69, 9.17) is 33.7 Å². The van der Waals surface area contributed by atoms with E-state index in [1.165, 1.54) is 19.4 Å². The van der Waals surface area contributed by atoms with Gasteiger partial charge >= 0.3 is 0 Å². The number of ether oxygens (including phenoxy) is 1. The summed E-state index contributed by atoms with van der Waals surface area (Å²) in [6.45, 7) is 12.5. The van der Waals surface area contributed by atoms with Gasteiger partial charge in [-0.15, -0.1) is 6.58 Å². The predicted octanol–water partition coefficient (Wildman–Crippen LogP) is 3.92. The molecule has 1 aromatic heterocycles. The largest absolute Gasteiger partial charge is 0.379 e. The first kappa shape index (κ1) is 21.7. The number of hydrogen-bond acceptors (Lipinski definition) is 5. The highest BCUT2D eigenvalue weighted by atomic mass is 35.5. The third kappa shape index (κ3) is 5.21. The fourth-order valence-electron chi connectivity index (χ4n) is 4.29. The van der Waals surface area contributed by atoms with Crippen LogP contribution in [0.4, 0.5) is 0 Å². The lowest BCUT2D eigenvalue weighted by Crippen LogP contribution is -2.43. The molecule has 162 valence electrons.